The molecule has 0 radical (unpaired) electrons. The Kier molecular flexibility index (Phi) is 4.42. The number of carbonyl (C=O) groups excluding carboxylic acids is 1. The highest BCUT2D eigenvalue weighted by Gasteiger charge is 2.15. The molecule has 0 amide bonds. The van der Waals surface area contributed by atoms with Crippen LogP contribution in [0.2, 0.25) is 0 Å². The zero-order chi connectivity index (χ0) is 18.8. The molecule has 0 N–H and O–H groups in total. The molecular formula is C22H19N3O2. The number of esters is 1. The Morgan fingerprint density at radius 2 is 1.85 bits per heavy atom. The highest BCUT2D eigenvalue weighted by Crippen LogP contribution is 2.31. The Bertz CT molecular complexity index is 1130. The number of hydrogen-bond acceptors (Lipinski definition) is 4. The lowest BCUT2D eigenvalue weighted by Gasteiger charge is -2.11. The Balaban J connectivity index is 1.86. The van der Waals surface area contributed by atoms with E-state index in [9.17, 15) is 4.79 Å². The second-order valence-electron chi connectivity index (χ2n) is 6.22. The molecule has 1 aromatic carbocycles. The topological polar surface area (TPSA) is 56.5 Å². The Hall–Kier alpha value is -3.47. The predicted molar refractivity (Wildman–Crippen MR) is 105 cm³/mol. The lowest BCUT2D eigenvalue weighted by atomic mass is 9.98. The summed E-state index contributed by atoms with van der Waals surface area (Å²) in [5.41, 5.74) is 6.07. The highest BCUT2D eigenvalue weighted by atomic mass is 16.5. The number of pyridine rings is 2. The Morgan fingerprint density at radius 1 is 1.04 bits per heavy atom. The molecule has 4 aromatic rings. The van der Waals surface area contributed by atoms with Crippen LogP contribution in [0.3, 0.4) is 0 Å². The molecule has 0 spiro atoms. The summed E-state index contributed by atoms with van der Waals surface area (Å²) in [5.74, 6) is -0.379. The average molecular weight is 357 g/mol. The first-order valence-corrected chi connectivity index (χ1v) is 8.85. The molecule has 3 heterocycles. The van der Waals surface area contributed by atoms with Crippen LogP contribution in [-0.2, 0) is 4.74 Å². The van der Waals surface area contributed by atoms with Gasteiger partial charge in [0.15, 0.2) is 5.69 Å². The van der Waals surface area contributed by atoms with Gasteiger partial charge in [-0.05, 0) is 49.2 Å². The van der Waals surface area contributed by atoms with Gasteiger partial charge in [-0.3, -0.25) is 9.38 Å². The van der Waals surface area contributed by atoms with Crippen LogP contribution in [0.25, 0.3) is 28.0 Å². The third-order valence-electron chi connectivity index (χ3n) is 4.39. The summed E-state index contributed by atoms with van der Waals surface area (Å²) in [6.07, 6.45) is 3.47. The number of benzene rings is 1. The van der Waals surface area contributed by atoms with Crippen molar-refractivity contribution in [3.8, 4) is 22.4 Å². The van der Waals surface area contributed by atoms with E-state index < -0.39 is 0 Å². The van der Waals surface area contributed by atoms with E-state index in [4.69, 9.17) is 4.74 Å². The number of aryl methyl sites for hydroxylation is 1. The molecule has 0 atom stereocenters. The Morgan fingerprint density at radius 3 is 2.63 bits per heavy atom. The molecule has 5 heteroatoms. The highest BCUT2D eigenvalue weighted by molar-refractivity contribution is 5.89. The molecule has 0 saturated heterocycles. The van der Waals surface area contributed by atoms with Gasteiger partial charge in [0.2, 0.25) is 0 Å². The number of aromatic nitrogens is 3. The largest absolute Gasteiger partial charge is 0.461 e. The third-order valence-corrected chi connectivity index (χ3v) is 4.39. The molecule has 5 nitrogen and oxygen atoms in total. The van der Waals surface area contributed by atoms with Crippen LogP contribution in [-0.4, -0.2) is 26.9 Å². The molecule has 0 aliphatic carbocycles. The maximum Gasteiger partial charge on any atom is 0.356 e. The molecule has 0 fully saturated rings. The molecule has 27 heavy (non-hydrogen) atoms. The minimum absolute atomic E-state index is 0.327. The first-order valence-electron chi connectivity index (χ1n) is 8.85. The van der Waals surface area contributed by atoms with Crippen LogP contribution in [0.1, 0.15) is 23.1 Å². The maximum absolute atomic E-state index is 12.2. The lowest BCUT2D eigenvalue weighted by Crippen LogP contribution is -2.07. The number of nitrogens with zero attached hydrogens (tertiary/aromatic N) is 3. The van der Waals surface area contributed by atoms with Crippen LogP contribution in [0.15, 0.2) is 67.0 Å². The van der Waals surface area contributed by atoms with Crippen molar-refractivity contribution >= 4 is 11.6 Å². The van der Waals surface area contributed by atoms with E-state index in [0.717, 1.165) is 28.1 Å². The van der Waals surface area contributed by atoms with E-state index >= 15 is 0 Å². The van der Waals surface area contributed by atoms with E-state index in [2.05, 4.69) is 22.1 Å². The number of rotatable bonds is 4. The molecule has 134 valence electrons. The van der Waals surface area contributed by atoms with E-state index in [-0.39, 0.29) is 5.97 Å². The second-order valence-corrected chi connectivity index (χ2v) is 6.22. The molecule has 0 aliphatic rings. The molecule has 0 aliphatic heterocycles. The van der Waals surface area contributed by atoms with E-state index in [0.29, 0.717) is 17.9 Å². The minimum Gasteiger partial charge on any atom is -0.461 e. The van der Waals surface area contributed by atoms with Crippen molar-refractivity contribution in [1.82, 2.24) is 14.4 Å². The van der Waals surface area contributed by atoms with Gasteiger partial charge in [-0.2, -0.15) is 0 Å². The molecule has 0 bridgehead atoms. The van der Waals surface area contributed by atoms with Crippen molar-refractivity contribution in [1.29, 1.82) is 0 Å². The monoisotopic (exact) mass is 357 g/mol. The fourth-order valence-corrected chi connectivity index (χ4v) is 3.15. The van der Waals surface area contributed by atoms with Crippen LogP contribution in [0.5, 0.6) is 0 Å². The third kappa shape index (κ3) is 3.19. The van der Waals surface area contributed by atoms with Crippen molar-refractivity contribution in [2.24, 2.45) is 0 Å². The minimum atomic E-state index is -0.379. The van der Waals surface area contributed by atoms with Gasteiger partial charge in [0.25, 0.3) is 0 Å². The van der Waals surface area contributed by atoms with E-state index in [1.807, 2.05) is 55.6 Å². The zero-order valence-corrected chi connectivity index (χ0v) is 15.2. The fraction of sp³-hybridized carbons (Fsp3) is 0.136. The molecule has 0 unspecified atom stereocenters. The van der Waals surface area contributed by atoms with Crippen molar-refractivity contribution in [2.75, 3.05) is 6.61 Å². The molecule has 4 rings (SSSR count). The van der Waals surface area contributed by atoms with Gasteiger partial charge in [0.1, 0.15) is 5.65 Å². The van der Waals surface area contributed by atoms with Crippen LogP contribution < -0.4 is 0 Å². The van der Waals surface area contributed by atoms with Gasteiger partial charge < -0.3 is 4.74 Å². The lowest BCUT2D eigenvalue weighted by molar-refractivity contribution is 0.0518. The van der Waals surface area contributed by atoms with E-state index in [1.54, 1.807) is 17.5 Å². The van der Waals surface area contributed by atoms with Crippen LogP contribution in [0, 0.1) is 6.92 Å². The van der Waals surface area contributed by atoms with Gasteiger partial charge in [-0.1, -0.05) is 30.3 Å². The normalized spacial score (nSPS) is 10.9. The Labute approximate surface area is 157 Å². The summed E-state index contributed by atoms with van der Waals surface area (Å²) in [6, 6.07) is 18.0. The average Bonchev–Trinajstić information content (AvgIpc) is 3.11. The van der Waals surface area contributed by atoms with Gasteiger partial charge in [0, 0.05) is 17.5 Å². The first-order chi connectivity index (χ1) is 13.2. The van der Waals surface area contributed by atoms with Crippen LogP contribution >= 0.6 is 0 Å². The first kappa shape index (κ1) is 17.0. The quantitative estimate of drug-likeness (QED) is 0.503. The number of hydrogen-bond donors (Lipinski definition) is 0. The molecular weight excluding hydrogens is 338 g/mol. The number of carbonyl (C=O) groups is 1. The summed E-state index contributed by atoms with van der Waals surface area (Å²) >= 11 is 0. The van der Waals surface area contributed by atoms with Gasteiger partial charge in [-0.15, -0.1) is 0 Å². The van der Waals surface area contributed by atoms with Crippen LogP contribution in [0.4, 0.5) is 0 Å². The van der Waals surface area contributed by atoms with Crippen molar-refractivity contribution in [3.05, 3.63) is 78.4 Å². The van der Waals surface area contributed by atoms with Gasteiger partial charge >= 0.3 is 5.97 Å². The summed E-state index contributed by atoms with van der Waals surface area (Å²) in [7, 11) is 0. The van der Waals surface area contributed by atoms with Crippen molar-refractivity contribution in [3.63, 3.8) is 0 Å². The standard InChI is InChI=1S/C22H19N3O2/c1-3-27-22(26)20-13-23-21-12-11-16(14-25(20)21)17-8-4-5-9-18(17)19-10-6-7-15(2)24-19/h4-14H,3H2,1-2H3. The number of fused-ring (bicyclic) bond motifs is 1. The summed E-state index contributed by atoms with van der Waals surface area (Å²) in [4.78, 5) is 21.2. The summed E-state index contributed by atoms with van der Waals surface area (Å²) < 4.78 is 6.91. The van der Waals surface area contributed by atoms with Crippen molar-refractivity contribution in [2.45, 2.75) is 13.8 Å². The van der Waals surface area contributed by atoms with Gasteiger partial charge in [0.05, 0.1) is 18.5 Å². The van der Waals surface area contributed by atoms with Gasteiger partial charge in [-0.25, -0.2) is 9.78 Å². The molecule has 3 aromatic heterocycles. The summed E-state index contributed by atoms with van der Waals surface area (Å²) in [6.45, 7) is 4.10. The zero-order valence-electron chi connectivity index (χ0n) is 15.2. The smallest absolute Gasteiger partial charge is 0.356 e. The maximum atomic E-state index is 12.2. The number of ether oxygens (including phenoxy) is 1. The number of imidazole rings is 1. The van der Waals surface area contributed by atoms with Crippen molar-refractivity contribution < 1.29 is 9.53 Å². The fourth-order valence-electron chi connectivity index (χ4n) is 3.15. The second kappa shape index (κ2) is 7.03. The summed E-state index contributed by atoms with van der Waals surface area (Å²) in [5, 5.41) is 0. The van der Waals surface area contributed by atoms with E-state index in [1.165, 1.54) is 0 Å². The SMILES string of the molecule is CCOC(=O)c1cnc2ccc(-c3ccccc3-c3cccc(C)n3)cn12. The predicted octanol–water partition coefficient (Wildman–Crippen LogP) is 4.55. The molecule has 0 saturated carbocycles.